The van der Waals surface area contributed by atoms with Gasteiger partial charge in [-0.1, -0.05) is 39.0 Å². The molecule has 0 bridgehead atoms. The van der Waals surface area contributed by atoms with Crippen molar-refractivity contribution in [3.8, 4) is 0 Å². The monoisotopic (exact) mass is 331 g/mol. The van der Waals surface area contributed by atoms with Gasteiger partial charge in [-0.05, 0) is 45.7 Å². The van der Waals surface area contributed by atoms with Crippen LogP contribution in [0.15, 0.2) is 24.3 Å². The topological polar surface area (TPSA) is 59.4 Å². The first-order chi connectivity index (χ1) is 11.2. The number of nitrogens with zero attached hydrogens (tertiary/aromatic N) is 1. The summed E-state index contributed by atoms with van der Waals surface area (Å²) in [5.74, 6) is -0.982. The molecule has 4 heteroatoms. The molecule has 0 spiro atoms. The zero-order valence-electron chi connectivity index (χ0n) is 15.8. The average molecular weight is 331 g/mol. The van der Waals surface area contributed by atoms with Crippen LogP contribution in [0.25, 0.3) is 10.9 Å². The van der Waals surface area contributed by atoms with Crippen molar-refractivity contribution in [1.29, 1.82) is 0 Å². The lowest BCUT2D eigenvalue weighted by Gasteiger charge is -2.27. The summed E-state index contributed by atoms with van der Waals surface area (Å²) in [6.45, 7) is 13.5. The van der Waals surface area contributed by atoms with E-state index in [-0.39, 0.29) is 0 Å². The van der Waals surface area contributed by atoms with Gasteiger partial charge >= 0.3 is 5.97 Å². The van der Waals surface area contributed by atoms with Crippen molar-refractivity contribution >= 4 is 16.9 Å². The molecule has 2 rings (SSSR count). The number of ether oxygens (including phenoxy) is 1. The molecule has 0 amide bonds. The second-order valence-electron chi connectivity index (χ2n) is 6.41. The van der Waals surface area contributed by atoms with Crippen LogP contribution in [0.2, 0.25) is 0 Å². The lowest BCUT2D eigenvalue weighted by Crippen LogP contribution is -2.28. The standard InChI is InChI=1S/C18H23NO3.C2H6/c1-6-12-13-9-7-8-10-14(13)19-11(2)15(12)16(17(20)21)22-18(3,4)5;1-2/h7-10,16H,6H2,1-5H3,(H,20,21);1-2H3. The number of hydrogen-bond donors (Lipinski definition) is 1. The Labute approximate surface area is 144 Å². The lowest BCUT2D eigenvalue weighted by atomic mass is 9.94. The van der Waals surface area contributed by atoms with Crippen molar-refractivity contribution in [2.75, 3.05) is 0 Å². The van der Waals surface area contributed by atoms with Crippen molar-refractivity contribution in [3.05, 3.63) is 41.1 Å². The first-order valence-corrected chi connectivity index (χ1v) is 8.53. The third-order valence-electron chi connectivity index (χ3n) is 3.54. The minimum atomic E-state index is -1.01. The summed E-state index contributed by atoms with van der Waals surface area (Å²) in [5.41, 5.74) is 2.74. The number of benzene rings is 1. The highest BCUT2D eigenvalue weighted by molar-refractivity contribution is 5.86. The fourth-order valence-corrected chi connectivity index (χ4v) is 2.75. The van der Waals surface area contributed by atoms with Crippen molar-refractivity contribution in [3.63, 3.8) is 0 Å². The van der Waals surface area contributed by atoms with Crippen molar-refractivity contribution in [2.45, 2.75) is 66.6 Å². The summed E-state index contributed by atoms with van der Waals surface area (Å²) in [6.07, 6.45) is -0.275. The van der Waals surface area contributed by atoms with E-state index in [4.69, 9.17) is 4.74 Å². The maximum Gasteiger partial charge on any atom is 0.337 e. The second-order valence-corrected chi connectivity index (χ2v) is 6.41. The molecule has 0 aliphatic carbocycles. The fourth-order valence-electron chi connectivity index (χ4n) is 2.75. The number of hydrogen-bond acceptors (Lipinski definition) is 3. The van der Waals surface area contributed by atoms with Crippen LogP contribution in [0.3, 0.4) is 0 Å². The predicted molar refractivity (Wildman–Crippen MR) is 98.4 cm³/mol. The maximum atomic E-state index is 11.8. The first kappa shape index (κ1) is 20.1. The van der Waals surface area contributed by atoms with Gasteiger partial charge in [0.1, 0.15) is 0 Å². The molecule has 4 nitrogen and oxygen atoms in total. The normalized spacial score (nSPS) is 12.5. The molecule has 0 aliphatic heterocycles. The highest BCUT2D eigenvalue weighted by Crippen LogP contribution is 2.33. The van der Waals surface area contributed by atoms with Gasteiger partial charge in [0.25, 0.3) is 0 Å². The number of para-hydroxylation sites is 1. The van der Waals surface area contributed by atoms with Crippen LogP contribution in [0, 0.1) is 6.92 Å². The van der Waals surface area contributed by atoms with Gasteiger partial charge in [0.15, 0.2) is 6.10 Å². The largest absolute Gasteiger partial charge is 0.479 e. The Morgan fingerprint density at radius 1 is 1.25 bits per heavy atom. The third-order valence-corrected chi connectivity index (χ3v) is 3.54. The van der Waals surface area contributed by atoms with Crippen LogP contribution in [0.5, 0.6) is 0 Å². The van der Waals surface area contributed by atoms with E-state index in [2.05, 4.69) is 4.98 Å². The van der Waals surface area contributed by atoms with E-state index in [0.29, 0.717) is 11.3 Å². The maximum absolute atomic E-state index is 11.8. The van der Waals surface area contributed by atoms with Crippen LogP contribution in [0.4, 0.5) is 0 Å². The molecular weight excluding hydrogens is 302 g/mol. The molecule has 1 atom stereocenters. The number of carboxylic acids is 1. The zero-order chi connectivity index (χ0) is 18.5. The van der Waals surface area contributed by atoms with Crippen LogP contribution >= 0.6 is 0 Å². The second kappa shape index (κ2) is 8.25. The Morgan fingerprint density at radius 3 is 2.33 bits per heavy atom. The summed E-state index contributed by atoms with van der Waals surface area (Å²) >= 11 is 0. The van der Waals surface area contributed by atoms with E-state index in [1.807, 2.05) is 72.7 Å². The SMILES string of the molecule is CC.CCc1c(C(OC(C)(C)C)C(=O)O)c(C)nc2ccccc12. The first-order valence-electron chi connectivity index (χ1n) is 8.53. The average Bonchev–Trinajstić information content (AvgIpc) is 2.52. The molecule has 24 heavy (non-hydrogen) atoms. The number of pyridine rings is 1. The third kappa shape index (κ3) is 4.54. The number of carbonyl (C=O) groups is 1. The predicted octanol–water partition coefficient (Wildman–Crippen LogP) is 5.07. The molecular formula is C20H29NO3. The van der Waals surface area contributed by atoms with Gasteiger partial charge in [-0.25, -0.2) is 4.79 Å². The molecule has 1 aromatic heterocycles. The lowest BCUT2D eigenvalue weighted by molar-refractivity contribution is -0.160. The van der Waals surface area contributed by atoms with E-state index in [9.17, 15) is 9.90 Å². The molecule has 1 heterocycles. The summed E-state index contributed by atoms with van der Waals surface area (Å²) in [4.78, 5) is 16.4. The number of rotatable bonds is 4. The van der Waals surface area contributed by atoms with Gasteiger partial charge in [-0.3, -0.25) is 4.98 Å². The molecule has 2 aromatic rings. The molecule has 0 radical (unpaired) electrons. The van der Waals surface area contributed by atoms with Gasteiger partial charge in [0.2, 0.25) is 0 Å². The fraction of sp³-hybridized carbons (Fsp3) is 0.500. The molecule has 1 N–H and O–H groups in total. The zero-order valence-corrected chi connectivity index (χ0v) is 15.8. The van der Waals surface area contributed by atoms with Gasteiger partial charge < -0.3 is 9.84 Å². The van der Waals surface area contributed by atoms with Crippen LogP contribution in [-0.4, -0.2) is 21.7 Å². The summed E-state index contributed by atoms with van der Waals surface area (Å²) in [5, 5.41) is 10.6. The van der Waals surface area contributed by atoms with E-state index in [0.717, 1.165) is 22.9 Å². The molecule has 1 aromatic carbocycles. The smallest absolute Gasteiger partial charge is 0.337 e. The summed E-state index contributed by atoms with van der Waals surface area (Å²) in [6, 6.07) is 7.82. The number of aryl methyl sites for hydroxylation is 2. The molecule has 0 saturated carbocycles. The van der Waals surface area contributed by atoms with Crippen LogP contribution < -0.4 is 0 Å². The van der Waals surface area contributed by atoms with Crippen LogP contribution in [0.1, 0.15) is 64.5 Å². The molecule has 0 saturated heterocycles. The van der Waals surface area contributed by atoms with Crippen molar-refractivity contribution < 1.29 is 14.6 Å². The highest BCUT2D eigenvalue weighted by atomic mass is 16.5. The quantitative estimate of drug-likeness (QED) is 0.849. The number of aliphatic carboxylic acids is 1. The van der Waals surface area contributed by atoms with Gasteiger partial charge in [-0.2, -0.15) is 0 Å². The Hall–Kier alpha value is -1.94. The Kier molecular flexibility index (Phi) is 6.91. The minimum absolute atomic E-state index is 0.549. The van der Waals surface area contributed by atoms with E-state index < -0.39 is 17.7 Å². The Balaban J connectivity index is 0.00000139. The molecule has 132 valence electrons. The molecule has 0 fully saturated rings. The minimum Gasteiger partial charge on any atom is -0.479 e. The van der Waals surface area contributed by atoms with Gasteiger partial charge in [0.05, 0.1) is 11.1 Å². The highest BCUT2D eigenvalue weighted by Gasteiger charge is 2.31. The molecule has 0 aliphatic rings. The van der Waals surface area contributed by atoms with Crippen LogP contribution in [-0.2, 0) is 16.0 Å². The molecule has 1 unspecified atom stereocenters. The number of aromatic nitrogens is 1. The van der Waals surface area contributed by atoms with Crippen molar-refractivity contribution in [1.82, 2.24) is 4.98 Å². The van der Waals surface area contributed by atoms with E-state index >= 15 is 0 Å². The summed E-state index contributed by atoms with van der Waals surface area (Å²) in [7, 11) is 0. The summed E-state index contributed by atoms with van der Waals surface area (Å²) < 4.78 is 5.82. The van der Waals surface area contributed by atoms with E-state index in [1.165, 1.54) is 0 Å². The van der Waals surface area contributed by atoms with Crippen molar-refractivity contribution in [2.24, 2.45) is 0 Å². The Morgan fingerprint density at radius 2 is 1.83 bits per heavy atom. The van der Waals surface area contributed by atoms with Gasteiger partial charge in [-0.15, -0.1) is 0 Å². The Bertz CT molecular complexity index is 702. The number of carboxylic acid groups (broad SMARTS) is 1. The number of fused-ring (bicyclic) bond motifs is 1. The van der Waals surface area contributed by atoms with E-state index in [1.54, 1.807) is 0 Å². The van der Waals surface area contributed by atoms with Gasteiger partial charge in [0, 0.05) is 16.6 Å².